The molecule has 0 radical (unpaired) electrons. The number of nitrogens with one attached hydrogen (secondary N) is 1. The number of hydrogen-bond donors (Lipinski definition) is 1. The highest BCUT2D eigenvalue weighted by Crippen LogP contribution is 2.19. The second kappa shape index (κ2) is 7.81. The maximum atomic E-state index is 4.63. The van der Waals surface area contributed by atoms with Crippen LogP contribution >= 0.6 is 0 Å². The van der Waals surface area contributed by atoms with Crippen molar-refractivity contribution in [3.8, 4) is 11.4 Å². The first kappa shape index (κ1) is 17.0. The third-order valence-corrected chi connectivity index (χ3v) is 3.90. The number of pyridine rings is 2. The lowest BCUT2D eigenvalue weighted by Gasteiger charge is -2.24. The number of hydrogen-bond acceptors (Lipinski definition) is 6. The first-order chi connectivity index (χ1) is 12.1. The Morgan fingerprint density at radius 2 is 1.96 bits per heavy atom. The van der Waals surface area contributed by atoms with E-state index in [0.29, 0.717) is 12.4 Å². The van der Waals surface area contributed by atoms with E-state index in [9.17, 15) is 0 Å². The fraction of sp³-hybridized carbons (Fsp3) is 0.263. The Balaban J connectivity index is 1.79. The Bertz CT molecular complexity index is 805. The van der Waals surface area contributed by atoms with Gasteiger partial charge in [-0.2, -0.15) is 0 Å². The summed E-state index contributed by atoms with van der Waals surface area (Å²) >= 11 is 0. The molecule has 0 saturated heterocycles. The summed E-state index contributed by atoms with van der Waals surface area (Å²) in [6, 6.07) is 11.9. The summed E-state index contributed by atoms with van der Waals surface area (Å²) in [5.41, 5.74) is 2.84. The largest absolute Gasteiger partial charge is 0.368 e. The molecule has 1 N–H and O–H groups in total. The van der Waals surface area contributed by atoms with Gasteiger partial charge in [-0.05, 0) is 45.3 Å². The summed E-state index contributed by atoms with van der Waals surface area (Å²) in [5.74, 6) is 1.48. The van der Waals surface area contributed by atoms with Crippen molar-refractivity contribution in [2.45, 2.75) is 13.0 Å². The fourth-order valence-electron chi connectivity index (χ4n) is 2.61. The van der Waals surface area contributed by atoms with Crippen molar-refractivity contribution in [2.75, 3.05) is 26.0 Å². The normalized spacial score (nSPS) is 12.2. The zero-order valence-electron chi connectivity index (χ0n) is 14.7. The van der Waals surface area contributed by atoms with Gasteiger partial charge in [-0.1, -0.05) is 6.07 Å². The van der Waals surface area contributed by atoms with Crippen LogP contribution in [0.5, 0.6) is 0 Å². The van der Waals surface area contributed by atoms with Crippen LogP contribution in [0.3, 0.4) is 0 Å². The Kier molecular flexibility index (Phi) is 5.30. The molecule has 3 heterocycles. The van der Waals surface area contributed by atoms with Crippen LogP contribution in [-0.4, -0.2) is 45.5 Å². The predicted octanol–water partition coefficient (Wildman–Crippen LogP) is 2.96. The number of nitrogens with zero attached hydrogens (tertiary/aromatic N) is 5. The van der Waals surface area contributed by atoms with Crippen molar-refractivity contribution in [3.63, 3.8) is 0 Å². The molecule has 128 valence electrons. The molecule has 0 aliphatic heterocycles. The van der Waals surface area contributed by atoms with Crippen LogP contribution in [0.15, 0.2) is 55.0 Å². The van der Waals surface area contributed by atoms with Crippen molar-refractivity contribution < 1.29 is 0 Å². The molecule has 1 atom stereocenters. The zero-order chi connectivity index (χ0) is 17.6. The molecule has 0 bridgehead atoms. The molecule has 25 heavy (non-hydrogen) atoms. The highest BCUT2D eigenvalue weighted by Gasteiger charge is 2.15. The molecule has 3 aromatic rings. The van der Waals surface area contributed by atoms with Crippen molar-refractivity contribution in [1.82, 2.24) is 24.8 Å². The lowest BCUT2D eigenvalue weighted by atomic mass is 10.1. The summed E-state index contributed by atoms with van der Waals surface area (Å²) in [7, 11) is 4.10. The van der Waals surface area contributed by atoms with E-state index in [1.54, 1.807) is 12.4 Å². The van der Waals surface area contributed by atoms with E-state index < -0.39 is 0 Å². The molecule has 0 aliphatic rings. The number of anilines is 1. The Morgan fingerprint density at radius 1 is 1.08 bits per heavy atom. The van der Waals surface area contributed by atoms with Gasteiger partial charge >= 0.3 is 0 Å². The van der Waals surface area contributed by atoms with Gasteiger partial charge < -0.3 is 5.32 Å². The van der Waals surface area contributed by atoms with Crippen LogP contribution in [0, 0.1) is 6.92 Å². The van der Waals surface area contributed by atoms with Crippen LogP contribution in [0.1, 0.15) is 17.4 Å². The first-order valence-electron chi connectivity index (χ1n) is 8.21. The van der Waals surface area contributed by atoms with Gasteiger partial charge in [0.25, 0.3) is 0 Å². The predicted molar refractivity (Wildman–Crippen MR) is 99.2 cm³/mol. The highest BCUT2D eigenvalue weighted by molar-refractivity contribution is 5.56. The number of likely N-dealkylation sites (N-methyl/N-ethyl adjacent to an activating group) is 1. The maximum Gasteiger partial charge on any atom is 0.163 e. The molecule has 0 aliphatic carbocycles. The van der Waals surface area contributed by atoms with Gasteiger partial charge in [-0.25, -0.2) is 9.97 Å². The first-order valence-corrected chi connectivity index (χ1v) is 8.21. The lowest BCUT2D eigenvalue weighted by Crippen LogP contribution is -2.27. The van der Waals surface area contributed by atoms with Gasteiger partial charge in [0.2, 0.25) is 0 Å². The topological polar surface area (TPSA) is 66.8 Å². The van der Waals surface area contributed by atoms with E-state index >= 15 is 0 Å². The molecule has 0 spiro atoms. The molecule has 0 aromatic carbocycles. The summed E-state index contributed by atoms with van der Waals surface area (Å²) in [6.45, 7) is 2.67. The number of aryl methyl sites for hydroxylation is 1. The quantitative estimate of drug-likeness (QED) is 0.747. The molecule has 0 saturated carbocycles. The highest BCUT2D eigenvalue weighted by atomic mass is 15.1. The lowest BCUT2D eigenvalue weighted by molar-refractivity contribution is 0.306. The fourth-order valence-corrected chi connectivity index (χ4v) is 2.61. The second-order valence-electron chi connectivity index (χ2n) is 6.07. The van der Waals surface area contributed by atoms with Crippen molar-refractivity contribution in [1.29, 1.82) is 0 Å². The van der Waals surface area contributed by atoms with Gasteiger partial charge in [-0.3, -0.25) is 14.9 Å². The maximum absolute atomic E-state index is 4.63. The molecule has 0 amide bonds. The summed E-state index contributed by atoms with van der Waals surface area (Å²) in [4.78, 5) is 19.9. The van der Waals surface area contributed by atoms with Gasteiger partial charge in [0.15, 0.2) is 5.82 Å². The van der Waals surface area contributed by atoms with Crippen molar-refractivity contribution in [2.24, 2.45) is 0 Å². The minimum absolute atomic E-state index is 0.151. The van der Waals surface area contributed by atoms with Gasteiger partial charge in [0.05, 0.1) is 11.7 Å². The van der Waals surface area contributed by atoms with E-state index in [4.69, 9.17) is 0 Å². The molecule has 6 heteroatoms. The monoisotopic (exact) mass is 334 g/mol. The summed E-state index contributed by atoms with van der Waals surface area (Å²) < 4.78 is 0. The number of aromatic nitrogens is 4. The van der Waals surface area contributed by atoms with E-state index in [-0.39, 0.29) is 6.04 Å². The molecule has 0 fully saturated rings. The van der Waals surface area contributed by atoms with Crippen molar-refractivity contribution >= 4 is 5.82 Å². The SMILES string of the molecule is Cc1cc(NC[C@@H](c2ccccn2)N(C)C)nc(-c2cccnc2)n1. The number of rotatable bonds is 6. The van der Waals surface area contributed by atoms with E-state index in [0.717, 1.165) is 22.8 Å². The average Bonchev–Trinajstić information content (AvgIpc) is 2.63. The van der Waals surface area contributed by atoms with Crippen molar-refractivity contribution in [3.05, 3.63) is 66.4 Å². The Labute approximate surface area is 148 Å². The molecular weight excluding hydrogens is 312 g/mol. The van der Waals surface area contributed by atoms with Gasteiger partial charge in [0, 0.05) is 42.5 Å². The zero-order valence-corrected chi connectivity index (χ0v) is 14.7. The standard InChI is InChI=1S/C19H22N6/c1-14-11-18(24-19(23-14)15-7-6-9-20-12-15)22-13-17(25(2)3)16-8-4-5-10-21-16/h4-12,17H,13H2,1-3H3,(H,22,23,24)/t17-/m0/s1. The third kappa shape index (κ3) is 4.36. The Hall–Kier alpha value is -2.86. The van der Waals surface area contributed by atoms with Crippen LogP contribution in [-0.2, 0) is 0 Å². The van der Waals surface area contributed by atoms with Gasteiger partial charge in [-0.15, -0.1) is 0 Å². The minimum Gasteiger partial charge on any atom is -0.368 e. The van der Waals surface area contributed by atoms with Gasteiger partial charge in [0.1, 0.15) is 5.82 Å². The van der Waals surface area contributed by atoms with E-state index in [1.807, 2.05) is 63.6 Å². The smallest absolute Gasteiger partial charge is 0.163 e. The summed E-state index contributed by atoms with van der Waals surface area (Å²) in [6.07, 6.45) is 5.34. The third-order valence-electron chi connectivity index (χ3n) is 3.90. The van der Waals surface area contributed by atoms with Crippen LogP contribution in [0.2, 0.25) is 0 Å². The average molecular weight is 334 g/mol. The van der Waals surface area contributed by atoms with E-state index in [2.05, 4.69) is 30.2 Å². The second-order valence-corrected chi connectivity index (χ2v) is 6.07. The molecule has 3 aromatic heterocycles. The van der Waals surface area contributed by atoms with Crippen LogP contribution in [0.25, 0.3) is 11.4 Å². The molecule has 0 unspecified atom stereocenters. The molecule has 6 nitrogen and oxygen atoms in total. The van der Waals surface area contributed by atoms with Crippen LogP contribution < -0.4 is 5.32 Å². The Morgan fingerprint density at radius 3 is 2.64 bits per heavy atom. The minimum atomic E-state index is 0.151. The molecule has 3 rings (SSSR count). The summed E-state index contributed by atoms with van der Waals surface area (Å²) in [5, 5.41) is 3.42. The molecular formula is C19H22N6. The van der Waals surface area contributed by atoms with E-state index in [1.165, 1.54) is 0 Å². The van der Waals surface area contributed by atoms with Crippen LogP contribution in [0.4, 0.5) is 5.82 Å².